The number of hydrogen-bond acceptors (Lipinski definition) is 16. The van der Waals surface area contributed by atoms with Crippen molar-refractivity contribution in [1.82, 2.24) is 19.5 Å². The van der Waals surface area contributed by atoms with Crippen LogP contribution in [0, 0.1) is 5.92 Å². The van der Waals surface area contributed by atoms with E-state index < -0.39 is 81.2 Å². The van der Waals surface area contributed by atoms with Crippen LogP contribution in [0.5, 0.6) is 0 Å². The maximum Gasteiger partial charge on any atom is 0.510 e. The molecule has 0 amide bonds. The van der Waals surface area contributed by atoms with E-state index in [0.717, 1.165) is 10.9 Å². The fraction of sp³-hybridized carbons (Fsp3) is 0.667. The van der Waals surface area contributed by atoms with Crippen molar-refractivity contribution < 1.29 is 60.9 Å². The van der Waals surface area contributed by atoms with E-state index in [1.165, 1.54) is 6.92 Å². The molecule has 0 aromatic carbocycles. The van der Waals surface area contributed by atoms with Crippen molar-refractivity contribution in [3.63, 3.8) is 0 Å². The predicted octanol–water partition coefficient (Wildman–Crippen LogP) is 1.84. The number of halogens is 1. The molecule has 0 bridgehead atoms. The van der Waals surface area contributed by atoms with Crippen molar-refractivity contribution in [2.24, 2.45) is 5.92 Å². The second-order valence-electron chi connectivity index (χ2n) is 9.74. The van der Waals surface area contributed by atoms with Gasteiger partial charge in [0, 0.05) is 0 Å². The molecule has 20 heteroatoms. The number of imidazole rings is 1. The number of rotatable bonds is 11. The summed E-state index contributed by atoms with van der Waals surface area (Å²) >= 11 is 0. The molecule has 18 nitrogen and oxygen atoms in total. The first-order chi connectivity index (χ1) is 19.1. The summed E-state index contributed by atoms with van der Waals surface area (Å²) in [5, 5.41) is 11.3. The Morgan fingerprint density at radius 1 is 1.20 bits per heavy atom. The zero-order valence-corrected chi connectivity index (χ0v) is 23.4. The molecule has 5 atom stereocenters. The minimum absolute atomic E-state index is 0.0907. The molecule has 1 saturated heterocycles. The lowest BCUT2D eigenvalue weighted by Crippen LogP contribution is -2.38. The molecule has 228 valence electrons. The Morgan fingerprint density at radius 3 is 2.24 bits per heavy atom. The van der Waals surface area contributed by atoms with Crippen molar-refractivity contribution in [3.05, 3.63) is 16.7 Å². The molecule has 2 aliphatic rings. The molecule has 1 saturated carbocycles. The number of carbonyl (C=O) groups excluding carboxylic acids is 2. The topological polar surface area (TPSA) is 235 Å². The Bertz CT molecular complexity index is 1380. The van der Waals surface area contributed by atoms with Gasteiger partial charge in [-0.3, -0.25) is 18.9 Å². The highest BCUT2D eigenvalue weighted by Crippen LogP contribution is 2.70. The van der Waals surface area contributed by atoms with Crippen LogP contribution in [-0.2, 0) is 41.8 Å². The fourth-order valence-corrected chi connectivity index (χ4v) is 5.25. The first-order valence-corrected chi connectivity index (χ1v) is 13.6. The number of anilines is 1. The number of carbonyl (C=O) groups is 2. The number of H-pyrrole nitrogens is 1. The van der Waals surface area contributed by atoms with Gasteiger partial charge in [0.2, 0.25) is 25.4 Å². The Kier molecular flexibility index (Phi) is 8.32. The maximum atomic E-state index is 15.9. The lowest BCUT2D eigenvalue weighted by Gasteiger charge is -2.30. The molecule has 41 heavy (non-hydrogen) atoms. The number of fused-ring (bicyclic) bond motifs is 2. The number of aliphatic hydroxyl groups is 1. The highest BCUT2D eigenvalue weighted by Gasteiger charge is 2.84. The summed E-state index contributed by atoms with van der Waals surface area (Å²) in [6.07, 6.45) is -5.53. The highest BCUT2D eigenvalue weighted by molar-refractivity contribution is 7.48. The number of nitrogen functional groups attached to an aromatic ring is 1. The van der Waals surface area contributed by atoms with E-state index >= 15 is 4.39 Å². The van der Waals surface area contributed by atoms with Crippen LogP contribution in [0.25, 0.3) is 11.2 Å². The van der Waals surface area contributed by atoms with Gasteiger partial charge in [-0.05, 0) is 34.6 Å². The smallest absolute Gasteiger partial charge is 0.432 e. The van der Waals surface area contributed by atoms with E-state index in [-0.39, 0.29) is 17.1 Å². The van der Waals surface area contributed by atoms with E-state index in [4.69, 9.17) is 33.5 Å². The van der Waals surface area contributed by atoms with E-state index in [1.54, 1.807) is 27.7 Å². The molecule has 2 aromatic heterocycles. The summed E-state index contributed by atoms with van der Waals surface area (Å²) in [7, 11) is -4.87. The summed E-state index contributed by atoms with van der Waals surface area (Å²) in [5.41, 5.74) is 2.63. The van der Waals surface area contributed by atoms with E-state index in [2.05, 4.69) is 24.4 Å². The number of nitrogens with one attached hydrogen (secondary N) is 1. The molecular formula is C21H29FN5O13P. The number of hydrogen-bond donors (Lipinski definition) is 3. The number of phosphoric ester groups is 1. The first-order valence-electron chi connectivity index (χ1n) is 12.1. The lowest BCUT2D eigenvalue weighted by atomic mass is 9.99. The largest absolute Gasteiger partial charge is 0.510 e. The van der Waals surface area contributed by atoms with Gasteiger partial charge in [-0.15, -0.1) is 0 Å². The number of aromatic amines is 1. The third-order valence-electron chi connectivity index (χ3n) is 5.81. The second-order valence-corrected chi connectivity index (χ2v) is 11.4. The Balaban J connectivity index is 1.48. The van der Waals surface area contributed by atoms with Crippen LogP contribution in [0.4, 0.5) is 19.9 Å². The van der Waals surface area contributed by atoms with Crippen LogP contribution in [0.1, 0.15) is 40.8 Å². The lowest BCUT2D eigenvalue weighted by molar-refractivity contribution is -0.174. The Hall–Kier alpha value is -3.35. The van der Waals surface area contributed by atoms with Gasteiger partial charge in [0.25, 0.3) is 5.56 Å². The molecule has 3 heterocycles. The fourth-order valence-electron chi connectivity index (χ4n) is 4.15. The third-order valence-corrected chi connectivity index (χ3v) is 7.14. The molecule has 4 rings (SSSR count). The van der Waals surface area contributed by atoms with Crippen LogP contribution in [-0.4, -0.2) is 80.3 Å². The van der Waals surface area contributed by atoms with Crippen molar-refractivity contribution in [2.45, 2.75) is 70.6 Å². The molecule has 2 aromatic rings. The molecule has 0 spiro atoms. The minimum Gasteiger partial charge on any atom is -0.432 e. The molecular weight excluding hydrogens is 580 g/mol. The third kappa shape index (κ3) is 6.29. The Labute approximate surface area is 230 Å². The SMILES string of the molecule is CC(C)OC(=O)OCOP(=O)(OCOC(=O)OC(C)C)OC1C2[C@]1(F)O[C@@H](n1cnc3c(=O)[nH]c(N)nc31)[C@]2(C)O. The zero-order chi connectivity index (χ0) is 30.3. The summed E-state index contributed by atoms with van der Waals surface area (Å²) in [5.74, 6) is -4.47. The monoisotopic (exact) mass is 609 g/mol. The predicted molar refractivity (Wildman–Crippen MR) is 130 cm³/mol. The van der Waals surface area contributed by atoms with Gasteiger partial charge < -0.3 is 34.5 Å². The summed E-state index contributed by atoms with van der Waals surface area (Å²) in [6, 6.07) is 0. The number of nitrogens with zero attached hydrogens (tertiary/aromatic N) is 3. The summed E-state index contributed by atoms with van der Waals surface area (Å²) < 4.78 is 69.6. The molecule has 0 radical (unpaired) electrons. The van der Waals surface area contributed by atoms with Gasteiger partial charge in [-0.2, -0.15) is 4.98 Å². The molecule has 1 aliphatic carbocycles. The van der Waals surface area contributed by atoms with Crippen molar-refractivity contribution in [3.8, 4) is 0 Å². The quantitative estimate of drug-likeness (QED) is 0.187. The number of alkyl halides is 1. The standard InChI is InChI=1S/C21H29FN5O13P/c1-9(2)37-18(29)33-7-35-41(32,36-8-34-19(30)38-10(3)4)40-13-12-20(5,31)16(39-21(12,13)22)27-6-24-11-14(27)25-17(23)26-15(11)28/h6,9-10,12-13,16,31H,7-8H2,1-5H3,(H3,23,25,26,28)/t12?,13?,16-,20-,21+/m1/s1. The average Bonchev–Trinajstić information content (AvgIpc) is 3.09. The van der Waals surface area contributed by atoms with Gasteiger partial charge >= 0.3 is 20.1 Å². The Morgan fingerprint density at radius 2 is 1.76 bits per heavy atom. The average molecular weight is 609 g/mol. The van der Waals surface area contributed by atoms with Crippen molar-refractivity contribution in [2.75, 3.05) is 19.3 Å². The zero-order valence-electron chi connectivity index (χ0n) is 22.5. The van der Waals surface area contributed by atoms with Gasteiger partial charge in [0.15, 0.2) is 17.4 Å². The number of ether oxygens (including phenoxy) is 5. The summed E-state index contributed by atoms with van der Waals surface area (Å²) in [6.45, 7) is 5.35. The molecule has 4 N–H and O–H groups in total. The van der Waals surface area contributed by atoms with Crippen LogP contribution < -0.4 is 11.3 Å². The van der Waals surface area contributed by atoms with Crippen LogP contribution in [0.3, 0.4) is 0 Å². The summed E-state index contributed by atoms with van der Waals surface area (Å²) in [4.78, 5) is 45.5. The van der Waals surface area contributed by atoms with Gasteiger partial charge in [-0.25, -0.2) is 32.6 Å². The number of phosphoric acid groups is 1. The highest BCUT2D eigenvalue weighted by atomic mass is 31.2. The molecule has 2 fully saturated rings. The number of aromatic nitrogens is 4. The number of nitrogens with two attached hydrogens (primary N) is 1. The van der Waals surface area contributed by atoms with Crippen LogP contribution >= 0.6 is 7.82 Å². The normalized spacial score (nSPS) is 27.2. The maximum absolute atomic E-state index is 15.9. The van der Waals surface area contributed by atoms with E-state index in [1.807, 2.05) is 0 Å². The van der Waals surface area contributed by atoms with Gasteiger partial charge in [0.05, 0.1) is 24.5 Å². The van der Waals surface area contributed by atoms with Gasteiger partial charge in [-0.1, -0.05) is 0 Å². The van der Waals surface area contributed by atoms with Gasteiger partial charge in [0.1, 0.15) is 11.7 Å². The van der Waals surface area contributed by atoms with E-state index in [0.29, 0.717) is 0 Å². The first kappa shape index (κ1) is 30.6. The molecule has 1 aliphatic heterocycles. The second kappa shape index (κ2) is 11.1. The van der Waals surface area contributed by atoms with E-state index in [9.17, 15) is 24.1 Å². The van der Waals surface area contributed by atoms with Crippen molar-refractivity contribution in [1.29, 1.82) is 0 Å². The van der Waals surface area contributed by atoms with Crippen LogP contribution in [0.2, 0.25) is 0 Å². The van der Waals surface area contributed by atoms with Crippen molar-refractivity contribution >= 4 is 37.2 Å². The molecule has 2 unspecified atom stereocenters. The minimum atomic E-state index is -4.87. The van der Waals surface area contributed by atoms with Crippen LogP contribution in [0.15, 0.2) is 11.1 Å².